The summed E-state index contributed by atoms with van der Waals surface area (Å²) >= 11 is 0. The first-order valence-corrected chi connectivity index (χ1v) is 18.2. The minimum Gasteiger partial charge on any atom is -0.480 e. The Morgan fingerprint density at radius 3 is 1.39 bits per heavy atom. The van der Waals surface area contributed by atoms with Crippen LogP contribution in [-0.4, -0.2) is 88.4 Å². The number of aliphatic carboxylic acids is 4. The fourth-order valence-corrected chi connectivity index (χ4v) is 4.57. The van der Waals surface area contributed by atoms with Crippen molar-refractivity contribution in [3.8, 4) is 0 Å². The van der Waals surface area contributed by atoms with Crippen molar-refractivity contribution in [2.75, 3.05) is 0 Å². The average molecular weight is 885 g/mol. The molecule has 0 spiro atoms. The second-order valence-corrected chi connectivity index (χ2v) is 12.8. The molecular weight excluding hydrogens is 841 g/mol. The van der Waals surface area contributed by atoms with Gasteiger partial charge in [0.25, 0.3) is 0 Å². The highest BCUT2D eigenvalue weighted by Crippen LogP contribution is 2.09. The first-order valence-electron chi connectivity index (χ1n) is 18.2. The Bertz CT molecular complexity index is 2170. The monoisotopic (exact) mass is 884 g/mol. The lowest BCUT2D eigenvalue weighted by Gasteiger charge is -2.06. The van der Waals surface area contributed by atoms with Crippen LogP contribution in [0.3, 0.4) is 0 Å². The zero-order valence-electron chi connectivity index (χ0n) is 33.8. The minimum absolute atomic E-state index is 0.152. The SMILES string of the molecule is [N-]=[N+]=NCc1ccc(C[C@H](N)C(=O)O)cn1.[N-]=[N+]=NCc1ccc(C[C@H](N)C(=O)O)nc1.[N-]=[N+]=NCc1ccnc(C[C@H](N)C(=O)O)c1.[N-]=[N+]=NCc1cncc(C[C@H](N)C(=O)O)c1. The number of hydrogen-bond acceptors (Lipinski definition) is 16. The molecule has 0 aromatic carbocycles. The Kier molecular flexibility index (Phi) is 25.6. The summed E-state index contributed by atoms with van der Waals surface area (Å²) in [6.45, 7) is 0.824. The van der Waals surface area contributed by atoms with E-state index in [1.165, 1.54) is 12.4 Å². The van der Waals surface area contributed by atoms with Crippen LogP contribution in [0.1, 0.15) is 44.9 Å². The molecule has 0 aliphatic heterocycles. The van der Waals surface area contributed by atoms with Gasteiger partial charge < -0.3 is 43.4 Å². The number of rotatable bonds is 20. The van der Waals surface area contributed by atoms with Crippen molar-refractivity contribution >= 4 is 23.9 Å². The van der Waals surface area contributed by atoms with Gasteiger partial charge in [-0.3, -0.25) is 39.1 Å². The van der Waals surface area contributed by atoms with Gasteiger partial charge in [-0.05, 0) is 87.0 Å². The summed E-state index contributed by atoms with van der Waals surface area (Å²) in [6, 6.07) is 8.11. The van der Waals surface area contributed by atoms with Gasteiger partial charge in [0.05, 0.1) is 26.2 Å². The van der Waals surface area contributed by atoms with Crippen molar-refractivity contribution in [1.29, 1.82) is 0 Å². The molecule has 4 rings (SSSR count). The smallest absolute Gasteiger partial charge is 0.320 e. The fraction of sp³-hybridized carbons (Fsp3) is 0.333. The van der Waals surface area contributed by atoms with E-state index in [2.05, 4.69) is 60.0 Å². The molecule has 0 saturated heterocycles. The second-order valence-electron chi connectivity index (χ2n) is 12.8. The molecule has 0 aliphatic rings. The predicted octanol–water partition coefficient (Wildman–Crippen LogP) is 3.39. The van der Waals surface area contributed by atoms with Gasteiger partial charge in [-0.25, -0.2) is 0 Å². The van der Waals surface area contributed by atoms with E-state index in [-0.39, 0.29) is 51.9 Å². The number of carboxylic acid groups (broad SMARTS) is 4. The van der Waals surface area contributed by atoms with Crippen LogP contribution in [0.2, 0.25) is 0 Å². The highest BCUT2D eigenvalue weighted by Gasteiger charge is 2.15. The first kappa shape index (κ1) is 53.6. The van der Waals surface area contributed by atoms with Crippen molar-refractivity contribution in [2.45, 2.75) is 76.0 Å². The van der Waals surface area contributed by atoms with Gasteiger partial charge in [-0.1, -0.05) is 38.7 Å². The quantitative estimate of drug-likeness (QED) is 0.0358. The van der Waals surface area contributed by atoms with Crippen molar-refractivity contribution in [3.05, 3.63) is 160 Å². The lowest BCUT2D eigenvalue weighted by molar-refractivity contribution is -0.139. The molecule has 64 heavy (non-hydrogen) atoms. The maximum atomic E-state index is 10.5. The van der Waals surface area contributed by atoms with Gasteiger partial charge >= 0.3 is 23.9 Å². The zero-order chi connectivity index (χ0) is 47.9. The van der Waals surface area contributed by atoms with Gasteiger partial charge in [0.2, 0.25) is 0 Å². The second kappa shape index (κ2) is 30.6. The van der Waals surface area contributed by atoms with E-state index < -0.39 is 48.0 Å². The summed E-state index contributed by atoms with van der Waals surface area (Å²) in [7, 11) is 0. The largest absolute Gasteiger partial charge is 0.480 e. The standard InChI is InChI=1S/4C9H11N5O2/c10-8(9(15)16)2-6-1-7(4-12-3-6)5-13-14-11;10-8(9(15)16)3-7-2-1-6(4-12-7)5-13-14-11;10-8(9(15)16)4-7-3-6(1-2-12-7)5-13-14-11;10-8(9(15)16)3-6-1-2-7(12-4-6)5-13-14-11/h1,3-4,8H,2,5,10H2,(H,15,16);1-2,4,8H,3,5,10H2,(H,15,16);1-3,8H,4-5,10H2,(H,15,16);1-2,4,8H,3,5,10H2,(H,15,16)/t4*8-/m0000/s1. The van der Waals surface area contributed by atoms with Crippen LogP contribution in [-0.2, 0) is 71.0 Å². The fourth-order valence-electron chi connectivity index (χ4n) is 4.57. The summed E-state index contributed by atoms with van der Waals surface area (Å²) in [5.41, 5.74) is 59.6. The molecule has 4 heterocycles. The van der Waals surface area contributed by atoms with Gasteiger partial charge in [0, 0.05) is 80.6 Å². The van der Waals surface area contributed by atoms with E-state index in [0.29, 0.717) is 22.6 Å². The molecule has 0 aliphatic carbocycles. The number of aromatic nitrogens is 4. The van der Waals surface area contributed by atoms with Crippen LogP contribution < -0.4 is 22.9 Å². The Balaban J connectivity index is 0.000000427. The highest BCUT2D eigenvalue weighted by atomic mass is 16.4. The highest BCUT2D eigenvalue weighted by molar-refractivity contribution is 5.74. The van der Waals surface area contributed by atoms with Crippen LogP contribution in [0.25, 0.3) is 41.8 Å². The number of pyridine rings is 4. The third-order valence-electron chi connectivity index (χ3n) is 7.79. The maximum Gasteiger partial charge on any atom is 0.320 e. The van der Waals surface area contributed by atoms with Crippen LogP contribution in [0, 0.1) is 0 Å². The van der Waals surface area contributed by atoms with Crippen LogP contribution in [0.5, 0.6) is 0 Å². The topological polar surface area (TPSA) is 500 Å². The van der Waals surface area contributed by atoms with Crippen molar-refractivity contribution < 1.29 is 39.6 Å². The Morgan fingerprint density at radius 1 is 0.469 bits per heavy atom. The molecule has 28 nitrogen and oxygen atoms in total. The molecule has 0 unspecified atom stereocenters. The summed E-state index contributed by atoms with van der Waals surface area (Å²) in [4.78, 5) is 68.6. The molecule has 12 N–H and O–H groups in total. The molecule has 336 valence electrons. The normalized spacial score (nSPS) is 11.6. The van der Waals surface area contributed by atoms with E-state index in [0.717, 1.165) is 22.3 Å². The number of carbonyl (C=O) groups is 4. The molecule has 28 heteroatoms. The van der Waals surface area contributed by atoms with Crippen molar-refractivity contribution in [2.24, 2.45) is 43.4 Å². The van der Waals surface area contributed by atoms with Crippen molar-refractivity contribution in [1.82, 2.24) is 19.9 Å². The first-order chi connectivity index (χ1) is 30.5. The van der Waals surface area contributed by atoms with E-state index in [1.54, 1.807) is 61.1 Å². The van der Waals surface area contributed by atoms with Crippen LogP contribution in [0.4, 0.5) is 0 Å². The van der Waals surface area contributed by atoms with Gasteiger partial charge in [0.1, 0.15) is 24.2 Å². The number of hydrogen-bond donors (Lipinski definition) is 8. The van der Waals surface area contributed by atoms with E-state index in [1.807, 2.05) is 0 Å². The minimum atomic E-state index is -1.07. The summed E-state index contributed by atoms with van der Waals surface area (Å²) in [5.74, 6) is -4.22. The van der Waals surface area contributed by atoms with E-state index in [9.17, 15) is 19.2 Å². The molecule has 0 radical (unpaired) electrons. The predicted molar refractivity (Wildman–Crippen MR) is 226 cm³/mol. The van der Waals surface area contributed by atoms with Gasteiger partial charge in [0.15, 0.2) is 0 Å². The average Bonchev–Trinajstić information content (AvgIpc) is 3.28. The third kappa shape index (κ3) is 23.4. The number of azide groups is 4. The van der Waals surface area contributed by atoms with E-state index >= 15 is 0 Å². The molecule has 4 atom stereocenters. The Morgan fingerprint density at radius 2 is 0.891 bits per heavy atom. The van der Waals surface area contributed by atoms with Gasteiger partial charge in [-0.15, -0.1) is 0 Å². The van der Waals surface area contributed by atoms with Crippen LogP contribution in [0.15, 0.2) is 93.9 Å². The molecule has 0 amide bonds. The molecule has 4 aromatic rings. The van der Waals surface area contributed by atoms with Crippen molar-refractivity contribution in [3.63, 3.8) is 0 Å². The maximum absolute atomic E-state index is 10.5. The Labute approximate surface area is 362 Å². The lowest BCUT2D eigenvalue weighted by atomic mass is 10.1. The summed E-state index contributed by atoms with van der Waals surface area (Å²) in [6.07, 6.45) is 8.47. The molecule has 0 bridgehead atoms. The summed E-state index contributed by atoms with van der Waals surface area (Å²) in [5, 5.41) is 48.0. The lowest BCUT2D eigenvalue weighted by Crippen LogP contribution is -2.32. The number of nitrogens with two attached hydrogens (primary N) is 4. The molecule has 4 aromatic heterocycles. The molecule has 0 fully saturated rings. The van der Waals surface area contributed by atoms with Gasteiger partial charge in [-0.2, -0.15) is 0 Å². The molecular formula is C36H44N20O8. The molecule has 0 saturated carbocycles. The number of nitrogens with zero attached hydrogens (tertiary/aromatic N) is 16. The summed E-state index contributed by atoms with van der Waals surface area (Å²) < 4.78 is 0. The third-order valence-corrected chi connectivity index (χ3v) is 7.79. The van der Waals surface area contributed by atoms with E-state index in [4.69, 9.17) is 65.5 Å². The number of carboxylic acids is 4. The zero-order valence-corrected chi connectivity index (χ0v) is 33.8. The van der Waals surface area contributed by atoms with Crippen LogP contribution >= 0.6 is 0 Å². The Hall–Kier alpha value is -8.44.